The van der Waals surface area contributed by atoms with Crippen LogP contribution in [0, 0.1) is 34.0 Å². The van der Waals surface area contributed by atoms with Crippen molar-refractivity contribution in [2.45, 2.75) is 120 Å². The molecule has 3 saturated carbocycles. The van der Waals surface area contributed by atoms with Gasteiger partial charge in [0.2, 0.25) is 0 Å². The Labute approximate surface area is 154 Å². The molecule has 0 atom stereocenters. The molecular weight excluding hydrogens is 288 g/mol. The fourth-order valence-corrected chi connectivity index (χ4v) is 4.02. The van der Waals surface area contributed by atoms with Crippen LogP contribution in [0.4, 0.5) is 0 Å². The van der Waals surface area contributed by atoms with E-state index in [1.807, 2.05) is 0 Å². The Morgan fingerprint density at radius 1 is 0.375 bits per heavy atom. The van der Waals surface area contributed by atoms with Crippen LogP contribution in [0.2, 0.25) is 0 Å². The third kappa shape index (κ3) is 8.39. The summed E-state index contributed by atoms with van der Waals surface area (Å²) in [5, 5.41) is 0. The lowest BCUT2D eigenvalue weighted by Gasteiger charge is -2.37. The molecule has 0 aromatic carbocycles. The SMILES string of the molecule is CC(C)(C)C1CC1.CC(C)(C)C1CCC1.CC(C)(C)C1CCCC1. The van der Waals surface area contributed by atoms with Gasteiger partial charge in [0, 0.05) is 0 Å². The van der Waals surface area contributed by atoms with Gasteiger partial charge in [0.25, 0.3) is 0 Å². The predicted octanol–water partition coefficient (Wildman–Crippen LogP) is 8.50. The van der Waals surface area contributed by atoms with E-state index >= 15 is 0 Å². The van der Waals surface area contributed by atoms with Gasteiger partial charge in [-0.2, -0.15) is 0 Å². The van der Waals surface area contributed by atoms with Gasteiger partial charge in [0.1, 0.15) is 0 Å². The first-order chi connectivity index (χ1) is 10.8. The van der Waals surface area contributed by atoms with Crippen molar-refractivity contribution < 1.29 is 0 Å². The van der Waals surface area contributed by atoms with Crippen LogP contribution in [0.3, 0.4) is 0 Å². The molecule has 0 amide bonds. The predicted molar refractivity (Wildman–Crippen MR) is 110 cm³/mol. The molecule has 0 aromatic rings. The Kier molecular flexibility index (Phi) is 7.89. The maximum atomic E-state index is 2.36. The van der Waals surface area contributed by atoms with Crippen LogP contribution in [0.1, 0.15) is 120 Å². The summed E-state index contributed by atoms with van der Waals surface area (Å²) < 4.78 is 0. The first-order valence-electron chi connectivity index (χ1n) is 10.8. The molecular formula is C24H48. The van der Waals surface area contributed by atoms with E-state index in [0.717, 1.165) is 17.8 Å². The molecule has 0 unspecified atom stereocenters. The lowest BCUT2D eigenvalue weighted by atomic mass is 9.69. The van der Waals surface area contributed by atoms with Crippen molar-refractivity contribution in [1.82, 2.24) is 0 Å². The standard InChI is InChI=1S/C9H18.C8H16.C7H14/c1-9(2,3)8-6-4-5-7-8;1-8(2,3)7-5-4-6-7;1-7(2,3)6-4-5-6/h8H,4-7H2,1-3H3;7H,4-6H2,1-3H3;6H,4-5H2,1-3H3. The fourth-order valence-electron chi connectivity index (χ4n) is 4.02. The molecule has 3 aliphatic carbocycles. The topological polar surface area (TPSA) is 0 Å². The summed E-state index contributed by atoms with van der Waals surface area (Å²) in [5.74, 6) is 3.09. The van der Waals surface area contributed by atoms with Crippen molar-refractivity contribution in [3.63, 3.8) is 0 Å². The molecule has 3 aliphatic rings. The normalized spacial score (nSPS) is 22.9. The average Bonchev–Trinajstić information content (AvgIpc) is 3.00. The summed E-state index contributed by atoms with van der Waals surface area (Å²) in [6, 6.07) is 0. The van der Waals surface area contributed by atoms with Gasteiger partial charge in [-0.3, -0.25) is 0 Å². The summed E-state index contributed by atoms with van der Waals surface area (Å²) in [5.41, 5.74) is 1.79. The Balaban J connectivity index is 0.000000181. The zero-order valence-corrected chi connectivity index (χ0v) is 18.6. The molecule has 0 bridgehead atoms. The van der Waals surface area contributed by atoms with E-state index in [0.29, 0.717) is 16.2 Å². The van der Waals surface area contributed by atoms with Gasteiger partial charge in [0.15, 0.2) is 0 Å². The van der Waals surface area contributed by atoms with E-state index in [9.17, 15) is 0 Å². The van der Waals surface area contributed by atoms with Crippen LogP contribution in [0.15, 0.2) is 0 Å². The van der Waals surface area contributed by atoms with Crippen molar-refractivity contribution >= 4 is 0 Å². The third-order valence-electron chi connectivity index (χ3n) is 6.71. The molecule has 0 spiro atoms. The van der Waals surface area contributed by atoms with Crippen molar-refractivity contribution in [2.75, 3.05) is 0 Å². The maximum Gasteiger partial charge on any atom is -0.0354 e. The van der Waals surface area contributed by atoms with E-state index < -0.39 is 0 Å². The van der Waals surface area contributed by atoms with E-state index in [4.69, 9.17) is 0 Å². The van der Waals surface area contributed by atoms with Gasteiger partial charge in [-0.05, 0) is 72.5 Å². The van der Waals surface area contributed by atoms with Crippen LogP contribution in [-0.2, 0) is 0 Å². The monoisotopic (exact) mass is 336 g/mol. The lowest BCUT2D eigenvalue weighted by molar-refractivity contribution is 0.141. The smallest absolute Gasteiger partial charge is 0.0354 e. The quantitative estimate of drug-likeness (QED) is 0.416. The third-order valence-corrected chi connectivity index (χ3v) is 6.71. The molecule has 144 valence electrons. The van der Waals surface area contributed by atoms with Gasteiger partial charge >= 0.3 is 0 Å². The number of hydrogen-bond acceptors (Lipinski definition) is 0. The number of rotatable bonds is 0. The molecule has 3 fully saturated rings. The number of hydrogen-bond donors (Lipinski definition) is 0. The van der Waals surface area contributed by atoms with Crippen molar-refractivity contribution in [3.05, 3.63) is 0 Å². The van der Waals surface area contributed by atoms with Gasteiger partial charge in [-0.15, -0.1) is 0 Å². The average molecular weight is 337 g/mol. The molecule has 0 nitrogen and oxygen atoms in total. The van der Waals surface area contributed by atoms with Crippen LogP contribution in [0.5, 0.6) is 0 Å². The Hall–Kier alpha value is 0. The van der Waals surface area contributed by atoms with Crippen LogP contribution >= 0.6 is 0 Å². The summed E-state index contributed by atoms with van der Waals surface area (Å²) >= 11 is 0. The molecule has 0 aliphatic heterocycles. The fraction of sp³-hybridized carbons (Fsp3) is 1.00. The lowest BCUT2D eigenvalue weighted by Crippen LogP contribution is -2.26. The molecule has 0 heteroatoms. The first-order valence-corrected chi connectivity index (χ1v) is 10.8. The van der Waals surface area contributed by atoms with Crippen LogP contribution in [0.25, 0.3) is 0 Å². The van der Waals surface area contributed by atoms with Crippen molar-refractivity contribution in [1.29, 1.82) is 0 Å². The molecule has 0 radical (unpaired) electrons. The summed E-state index contributed by atoms with van der Waals surface area (Å²) in [4.78, 5) is 0. The minimum atomic E-state index is 0.580. The van der Waals surface area contributed by atoms with E-state index in [2.05, 4.69) is 62.3 Å². The van der Waals surface area contributed by atoms with Crippen LogP contribution < -0.4 is 0 Å². The minimum absolute atomic E-state index is 0.580. The molecule has 0 heterocycles. The Morgan fingerprint density at radius 2 is 0.625 bits per heavy atom. The van der Waals surface area contributed by atoms with E-state index in [1.54, 1.807) is 0 Å². The Morgan fingerprint density at radius 3 is 0.708 bits per heavy atom. The maximum absolute atomic E-state index is 2.36. The summed E-state index contributed by atoms with van der Waals surface area (Å²) in [7, 11) is 0. The van der Waals surface area contributed by atoms with Crippen molar-refractivity contribution in [3.8, 4) is 0 Å². The largest absolute Gasteiger partial charge is 0.0599 e. The molecule has 24 heavy (non-hydrogen) atoms. The molecule has 3 rings (SSSR count). The van der Waals surface area contributed by atoms with E-state index in [-0.39, 0.29) is 0 Å². The molecule has 0 aromatic heterocycles. The minimum Gasteiger partial charge on any atom is -0.0599 e. The van der Waals surface area contributed by atoms with Gasteiger partial charge in [0.05, 0.1) is 0 Å². The second kappa shape index (κ2) is 8.59. The Bertz CT molecular complexity index is 330. The highest BCUT2D eigenvalue weighted by molar-refractivity contribution is 4.84. The summed E-state index contributed by atoms with van der Waals surface area (Å²) in [6.45, 7) is 21.1. The highest BCUT2D eigenvalue weighted by Crippen LogP contribution is 2.44. The molecule has 0 saturated heterocycles. The van der Waals surface area contributed by atoms with Gasteiger partial charge < -0.3 is 0 Å². The van der Waals surface area contributed by atoms with Crippen molar-refractivity contribution in [2.24, 2.45) is 34.0 Å². The second-order valence-electron chi connectivity index (χ2n) is 12.0. The van der Waals surface area contributed by atoms with Gasteiger partial charge in [-0.1, -0.05) is 81.6 Å². The highest BCUT2D eigenvalue weighted by atomic mass is 14.4. The highest BCUT2D eigenvalue weighted by Gasteiger charge is 2.33. The molecule has 0 N–H and O–H groups in total. The van der Waals surface area contributed by atoms with E-state index in [1.165, 1.54) is 57.8 Å². The second-order valence-corrected chi connectivity index (χ2v) is 12.0. The van der Waals surface area contributed by atoms with Crippen LogP contribution in [-0.4, -0.2) is 0 Å². The summed E-state index contributed by atoms with van der Waals surface area (Å²) in [6.07, 6.45) is 13.3. The zero-order chi connectivity index (χ0) is 18.6. The first kappa shape index (κ1) is 22.0. The van der Waals surface area contributed by atoms with Gasteiger partial charge in [-0.25, -0.2) is 0 Å². The zero-order valence-electron chi connectivity index (χ0n) is 18.6.